The molecule has 30 heavy (non-hydrogen) atoms. The van der Waals surface area contributed by atoms with Gasteiger partial charge in [-0.1, -0.05) is 12.1 Å². The van der Waals surface area contributed by atoms with E-state index < -0.39 is 11.7 Å². The summed E-state index contributed by atoms with van der Waals surface area (Å²) in [7, 11) is 0. The molecule has 1 saturated heterocycles. The molecule has 0 bridgehead atoms. The van der Waals surface area contributed by atoms with Gasteiger partial charge in [0.25, 0.3) is 5.91 Å². The zero-order valence-electron chi connectivity index (χ0n) is 16.1. The number of likely N-dealkylation sites (tertiary alicyclic amines) is 1. The molecule has 1 unspecified atom stereocenters. The van der Waals surface area contributed by atoms with E-state index in [1.54, 1.807) is 28.8 Å². The van der Waals surface area contributed by atoms with Gasteiger partial charge in [0.1, 0.15) is 0 Å². The molecule has 1 atom stereocenters. The molecule has 3 nitrogen and oxygen atoms in total. The first-order chi connectivity index (χ1) is 14.4. The molecule has 1 amide bonds. The van der Waals surface area contributed by atoms with Crippen molar-refractivity contribution in [1.29, 1.82) is 0 Å². The number of benzene rings is 1. The Balaban J connectivity index is 1.32. The van der Waals surface area contributed by atoms with E-state index in [4.69, 9.17) is 0 Å². The average Bonchev–Trinajstić information content (AvgIpc) is 3.48. The Morgan fingerprint density at radius 1 is 1.17 bits per heavy atom. The quantitative estimate of drug-likeness (QED) is 0.519. The third kappa shape index (κ3) is 5.11. The summed E-state index contributed by atoms with van der Waals surface area (Å²) >= 11 is 2.95. The number of rotatable bonds is 6. The highest BCUT2D eigenvalue weighted by atomic mass is 32.1. The van der Waals surface area contributed by atoms with Crippen LogP contribution >= 0.6 is 22.7 Å². The Bertz CT molecular complexity index is 998. The summed E-state index contributed by atoms with van der Waals surface area (Å²) in [5.41, 5.74) is 1.72. The second kappa shape index (κ2) is 8.91. The smallest absolute Gasteiger partial charge is 0.351 e. The summed E-state index contributed by atoms with van der Waals surface area (Å²) in [4.78, 5) is 15.4. The van der Waals surface area contributed by atoms with Crippen LogP contribution in [0, 0.1) is 5.92 Å². The van der Waals surface area contributed by atoms with Crippen LogP contribution in [0.2, 0.25) is 0 Å². The molecule has 0 saturated carbocycles. The van der Waals surface area contributed by atoms with Gasteiger partial charge in [0.05, 0.1) is 10.4 Å². The van der Waals surface area contributed by atoms with Crippen molar-refractivity contribution in [2.45, 2.75) is 19.1 Å². The van der Waals surface area contributed by atoms with E-state index in [2.05, 4.69) is 27.0 Å². The molecule has 2 aromatic heterocycles. The summed E-state index contributed by atoms with van der Waals surface area (Å²) in [5, 5.41) is 8.95. The molecule has 158 valence electrons. The highest BCUT2D eigenvalue weighted by Crippen LogP contribution is 2.33. The van der Waals surface area contributed by atoms with Crippen molar-refractivity contribution in [3.05, 3.63) is 68.5 Å². The van der Waals surface area contributed by atoms with Gasteiger partial charge in [-0.25, -0.2) is 0 Å². The van der Waals surface area contributed by atoms with Crippen molar-refractivity contribution in [2.75, 3.05) is 19.6 Å². The molecule has 0 aliphatic carbocycles. The topological polar surface area (TPSA) is 32.3 Å². The van der Waals surface area contributed by atoms with Crippen molar-refractivity contribution >= 4 is 28.6 Å². The van der Waals surface area contributed by atoms with Gasteiger partial charge in [-0.3, -0.25) is 9.69 Å². The minimum atomic E-state index is -4.38. The number of thiophene rings is 2. The fourth-order valence-corrected chi connectivity index (χ4v) is 5.16. The Morgan fingerprint density at radius 3 is 2.80 bits per heavy atom. The molecular formula is C22H21F3N2OS2. The number of nitrogens with zero attached hydrogens (tertiary/aromatic N) is 1. The largest absolute Gasteiger partial charge is 0.416 e. The maximum atomic E-state index is 12.9. The van der Waals surface area contributed by atoms with E-state index in [1.165, 1.54) is 23.0 Å². The van der Waals surface area contributed by atoms with Gasteiger partial charge in [-0.2, -0.15) is 24.5 Å². The molecule has 0 radical (unpaired) electrons. The minimum Gasteiger partial charge on any atom is -0.351 e. The number of alkyl halides is 3. The molecule has 1 fully saturated rings. The number of carbonyl (C=O) groups excluding carboxylic acids is 1. The molecule has 3 heterocycles. The van der Waals surface area contributed by atoms with Crippen molar-refractivity contribution < 1.29 is 18.0 Å². The van der Waals surface area contributed by atoms with Gasteiger partial charge in [0.2, 0.25) is 0 Å². The summed E-state index contributed by atoms with van der Waals surface area (Å²) in [6.45, 7) is 3.53. The summed E-state index contributed by atoms with van der Waals surface area (Å²) in [6, 6.07) is 8.97. The van der Waals surface area contributed by atoms with Crippen LogP contribution in [0.25, 0.3) is 11.1 Å². The van der Waals surface area contributed by atoms with E-state index in [-0.39, 0.29) is 5.91 Å². The Hall–Kier alpha value is -2.16. The lowest BCUT2D eigenvalue weighted by Crippen LogP contribution is -2.30. The van der Waals surface area contributed by atoms with E-state index in [9.17, 15) is 18.0 Å². The van der Waals surface area contributed by atoms with Crippen LogP contribution in [0.4, 0.5) is 13.2 Å². The van der Waals surface area contributed by atoms with Gasteiger partial charge >= 0.3 is 6.18 Å². The van der Waals surface area contributed by atoms with Gasteiger partial charge < -0.3 is 5.32 Å². The van der Waals surface area contributed by atoms with Gasteiger partial charge in [-0.15, -0.1) is 11.3 Å². The SMILES string of the molecule is O=C(NCC1CCN(Cc2ccsc2)C1)c1cc(-c2cccc(C(F)(F)F)c2)cs1. The van der Waals surface area contributed by atoms with Crippen LogP contribution < -0.4 is 5.32 Å². The minimum absolute atomic E-state index is 0.172. The fourth-order valence-electron chi connectivity index (χ4n) is 3.67. The molecule has 3 aromatic rings. The molecule has 8 heteroatoms. The van der Waals surface area contributed by atoms with Crippen molar-refractivity contribution in [3.8, 4) is 11.1 Å². The third-order valence-electron chi connectivity index (χ3n) is 5.25. The van der Waals surface area contributed by atoms with Crippen LogP contribution in [-0.4, -0.2) is 30.4 Å². The molecule has 4 rings (SSSR count). The van der Waals surface area contributed by atoms with Crippen LogP contribution in [0.3, 0.4) is 0 Å². The van der Waals surface area contributed by atoms with Crippen LogP contribution in [0.15, 0.2) is 52.5 Å². The standard InChI is InChI=1S/C22H21F3N2OS2/c23-22(24,25)19-3-1-2-17(8-19)18-9-20(30-14-18)21(28)26-10-15-4-6-27(11-15)12-16-5-7-29-13-16/h1-3,5,7-9,13-15H,4,6,10-12H2,(H,26,28). The first-order valence-electron chi connectivity index (χ1n) is 9.66. The van der Waals surface area contributed by atoms with Crippen molar-refractivity contribution in [2.24, 2.45) is 5.92 Å². The van der Waals surface area contributed by atoms with Crippen molar-refractivity contribution in [3.63, 3.8) is 0 Å². The lowest BCUT2D eigenvalue weighted by Gasteiger charge is -2.15. The second-order valence-corrected chi connectivity index (χ2v) is 9.20. The zero-order valence-corrected chi connectivity index (χ0v) is 17.7. The first-order valence-corrected chi connectivity index (χ1v) is 11.5. The van der Waals surface area contributed by atoms with E-state index >= 15 is 0 Å². The third-order valence-corrected chi connectivity index (χ3v) is 6.92. The number of nitrogens with one attached hydrogen (secondary N) is 1. The van der Waals surface area contributed by atoms with Gasteiger partial charge in [0.15, 0.2) is 0 Å². The number of carbonyl (C=O) groups is 1. The predicted molar refractivity (Wildman–Crippen MR) is 115 cm³/mol. The molecule has 1 N–H and O–H groups in total. The van der Waals surface area contributed by atoms with Gasteiger partial charge in [0, 0.05) is 19.6 Å². The predicted octanol–water partition coefficient (Wildman–Crippen LogP) is 5.75. The summed E-state index contributed by atoms with van der Waals surface area (Å²) in [5.74, 6) is 0.241. The summed E-state index contributed by atoms with van der Waals surface area (Å²) < 4.78 is 38.8. The lowest BCUT2D eigenvalue weighted by atomic mass is 10.1. The Morgan fingerprint density at radius 2 is 2.03 bits per heavy atom. The normalized spacial score (nSPS) is 17.4. The zero-order chi connectivity index (χ0) is 21.1. The van der Waals surface area contributed by atoms with E-state index in [1.807, 2.05) is 0 Å². The van der Waals surface area contributed by atoms with E-state index in [0.29, 0.717) is 28.5 Å². The maximum absolute atomic E-state index is 12.9. The Kier molecular flexibility index (Phi) is 6.26. The van der Waals surface area contributed by atoms with Gasteiger partial charge in [-0.05, 0) is 76.0 Å². The van der Waals surface area contributed by atoms with Crippen molar-refractivity contribution in [1.82, 2.24) is 10.2 Å². The van der Waals surface area contributed by atoms with Crippen LogP contribution in [0.5, 0.6) is 0 Å². The van der Waals surface area contributed by atoms with E-state index in [0.717, 1.165) is 38.2 Å². The number of amides is 1. The van der Waals surface area contributed by atoms with Crippen LogP contribution in [0.1, 0.15) is 27.2 Å². The molecule has 1 aromatic carbocycles. The second-order valence-electron chi connectivity index (χ2n) is 7.51. The fraction of sp³-hybridized carbons (Fsp3) is 0.318. The first kappa shape index (κ1) is 21.1. The lowest BCUT2D eigenvalue weighted by molar-refractivity contribution is -0.137. The molecule has 0 spiro atoms. The number of hydrogen-bond acceptors (Lipinski definition) is 4. The summed E-state index contributed by atoms with van der Waals surface area (Å²) in [6.07, 6.45) is -3.34. The maximum Gasteiger partial charge on any atom is 0.416 e. The average molecular weight is 451 g/mol. The van der Waals surface area contributed by atoms with Crippen LogP contribution in [-0.2, 0) is 12.7 Å². The number of halogens is 3. The highest BCUT2D eigenvalue weighted by Gasteiger charge is 2.30. The molecule has 1 aliphatic rings. The molecular weight excluding hydrogens is 429 g/mol. The monoisotopic (exact) mass is 450 g/mol. The highest BCUT2D eigenvalue weighted by molar-refractivity contribution is 7.12. The molecule has 1 aliphatic heterocycles. The number of hydrogen-bond donors (Lipinski definition) is 1. The Labute approximate surface area is 181 Å².